The normalized spacial score (nSPS) is 11.2. The van der Waals surface area contributed by atoms with Crippen molar-refractivity contribution in [1.82, 2.24) is 4.98 Å². The number of allylic oxidation sites excluding steroid dienone is 1. The lowest BCUT2D eigenvalue weighted by Crippen LogP contribution is -2.18. The highest BCUT2D eigenvalue weighted by atomic mass is 19.4. The van der Waals surface area contributed by atoms with E-state index in [1.165, 1.54) is 23.1 Å². The second-order valence-electron chi connectivity index (χ2n) is 8.97. The number of carbonyl (C=O) groups excluding carboxylic acids is 1. The Bertz CT molecular complexity index is 1510. The van der Waals surface area contributed by atoms with E-state index in [4.69, 9.17) is 5.73 Å². The zero-order valence-corrected chi connectivity index (χ0v) is 21.8. The first-order valence-corrected chi connectivity index (χ1v) is 11.6. The van der Waals surface area contributed by atoms with Gasteiger partial charge in [0.2, 0.25) is 0 Å². The molecule has 40 heavy (non-hydrogen) atoms. The second-order valence-corrected chi connectivity index (χ2v) is 8.97. The summed E-state index contributed by atoms with van der Waals surface area (Å²) in [4.78, 5) is 18.1. The second kappa shape index (κ2) is 11.6. The van der Waals surface area contributed by atoms with Crippen LogP contribution in [0.5, 0.6) is 5.75 Å². The predicted molar refractivity (Wildman–Crippen MR) is 140 cm³/mol. The van der Waals surface area contributed by atoms with Crippen LogP contribution in [0.25, 0.3) is 0 Å². The molecule has 0 bridgehead atoms. The average Bonchev–Trinajstić information content (AvgIpc) is 2.83. The number of benzene rings is 2. The van der Waals surface area contributed by atoms with Gasteiger partial charge < -0.3 is 20.7 Å². The molecule has 0 spiro atoms. The Kier molecular flexibility index (Phi) is 8.68. The molecule has 0 atom stereocenters. The summed E-state index contributed by atoms with van der Waals surface area (Å²) in [5.74, 6) is 3.54. The van der Waals surface area contributed by atoms with E-state index in [1.807, 2.05) is 0 Å². The molecule has 6 nitrogen and oxygen atoms in total. The van der Waals surface area contributed by atoms with Gasteiger partial charge in [-0.2, -0.15) is 13.2 Å². The van der Waals surface area contributed by atoms with Crippen LogP contribution in [0, 0.1) is 18.8 Å². The van der Waals surface area contributed by atoms with Gasteiger partial charge in [-0.25, -0.2) is 4.98 Å². The van der Waals surface area contributed by atoms with Gasteiger partial charge >= 0.3 is 12.5 Å². The molecule has 12 heteroatoms. The predicted octanol–water partition coefficient (Wildman–Crippen LogP) is 6.90. The Morgan fingerprint density at radius 1 is 1.05 bits per heavy atom. The molecule has 0 aliphatic carbocycles. The fraction of sp³-hybridized carbons (Fsp3) is 0.214. The van der Waals surface area contributed by atoms with Gasteiger partial charge in [0.05, 0.1) is 5.56 Å². The van der Waals surface area contributed by atoms with Crippen LogP contribution < -0.4 is 20.7 Å². The SMILES string of the molecule is CC(C)=CN(C)c1cc(NC(=O)c2ccc(C)c(C#Cc3cnc(N)c(OC(F)(F)F)c3)c2)cc(C(F)(F)F)c1. The number of rotatable bonds is 5. The number of aryl methyl sites for hydroxylation is 1. The molecular formula is C28H24F6N4O2. The van der Waals surface area contributed by atoms with Gasteiger partial charge in [0.1, 0.15) is 0 Å². The number of pyridine rings is 1. The summed E-state index contributed by atoms with van der Waals surface area (Å²) < 4.78 is 82.2. The standard InChI is InChI=1S/C28H24F6N4O2/c1-16(2)15-38(4)23-12-21(27(29,30)31)11-22(13-23)37-26(39)20-7-5-17(3)19(10-20)8-6-18-9-24(25(35)36-14-18)40-28(32,33)34/h5,7,9-15H,1-4H3,(H2,35,36)(H,37,39). The van der Waals surface area contributed by atoms with Gasteiger partial charge in [-0.15, -0.1) is 13.2 Å². The monoisotopic (exact) mass is 562 g/mol. The van der Waals surface area contributed by atoms with E-state index in [0.29, 0.717) is 11.1 Å². The van der Waals surface area contributed by atoms with E-state index in [1.54, 1.807) is 40.1 Å². The van der Waals surface area contributed by atoms with Crippen LogP contribution in [0.2, 0.25) is 0 Å². The van der Waals surface area contributed by atoms with E-state index >= 15 is 0 Å². The van der Waals surface area contributed by atoms with Crippen molar-refractivity contribution in [1.29, 1.82) is 0 Å². The van der Waals surface area contributed by atoms with Crippen LogP contribution in [0.15, 0.2) is 60.4 Å². The van der Waals surface area contributed by atoms with Crippen molar-refractivity contribution in [3.05, 3.63) is 88.3 Å². The number of ether oxygens (including phenoxy) is 1. The molecule has 3 rings (SSSR count). The minimum absolute atomic E-state index is 0.0674. The summed E-state index contributed by atoms with van der Waals surface area (Å²) in [6.07, 6.45) is -6.80. The fourth-order valence-electron chi connectivity index (χ4n) is 3.48. The first-order chi connectivity index (χ1) is 18.5. The van der Waals surface area contributed by atoms with Crippen molar-refractivity contribution < 1.29 is 35.9 Å². The minimum Gasteiger partial charge on any atom is -0.402 e. The van der Waals surface area contributed by atoms with Crippen LogP contribution in [0.4, 0.5) is 43.5 Å². The number of alkyl halides is 6. The first-order valence-electron chi connectivity index (χ1n) is 11.6. The van der Waals surface area contributed by atoms with Crippen molar-refractivity contribution >= 4 is 23.1 Å². The van der Waals surface area contributed by atoms with Crippen LogP contribution in [-0.4, -0.2) is 24.3 Å². The molecule has 210 valence electrons. The summed E-state index contributed by atoms with van der Waals surface area (Å²) in [6, 6.07) is 8.67. The number of carbonyl (C=O) groups is 1. The Labute approximate surface area is 226 Å². The van der Waals surface area contributed by atoms with E-state index in [0.717, 1.165) is 30.0 Å². The summed E-state index contributed by atoms with van der Waals surface area (Å²) >= 11 is 0. The van der Waals surface area contributed by atoms with Crippen molar-refractivity contribution in [2.45, 2.75) is 33.3 Å². The lowest BCUT2D eigenvalue weighted by Gasteiger charge is -2.19. The number of hydrogen-bond donors (Lipinski definition) is 2. The number of nitrogen functional groups attached to an aromatic ring is 1. The quantitative estimate of drug-likeness (QED) is 0.261. The summed E-state index contributed by atoms with van der Waals surface area (Å²) in [5.41, 5.74) is 6.67. The topological polar surface area (TPSA) is 80.5 Å². The highest BCUT2D eigenvalue weighted by Gasteiger charge is 2.33. The van der Waals surface area contributed by atoms with Gasteiger partial charge in [-0.05, 0) is 56.7 Å². The number of nitrogens with two attached hydrogens (primary N) is 1. The molecule has 0 fully saturated rings. The molecule has 0 radical (unpaired) electrons. The van der Waals surface area contributed by atoms with Gasteiger partial charge in [0, 0.05) is 53.6 Å². The molecule has 2 aromatic carbocycles. The fourth-order valence-corrected chi connectivity index (χ4v) is 3.48. The van der Waals surface area contributed by atoms with Crippen LogP contribution in [0.3, 0.4) is 0 Å². The molecule has 3 N–H and O–H groups in total. The average molecular weight is 563 g/mol. The Morgan fingerprint density at radius 3 is 2.38 bits per heavy atom. The highest BCUT2D eigenvalue weighted by Crippen LogP contribution is 2.35. The van der Waals surface area contributed by atoms with Crippen LogP contribution in [-0.2, 0) is 6.18 Å². The smallest absolute Gasteiger partial charge is 0.402 e. The molecule has 0 saturated carbocycles. The van der Waals surface area contributed by atoms with Crippen molar-refractivity contribution in [2.75, 3.05) is 23.0 Å². The van der Waals surface area contributed by atoms with Gasteiger partial charge in [0.15, 0.2) is 11.6 Å². The number of nitrogens with one attached hydrogen (secondary N) is 1. The molecule has 0 saturated heterocycles. The molecular weight excluding hydrogens is 538 g/mol. The van der Waals surface area contributed by atoms with E-state index in [2.05, 4.69) is 26.9 Å². The van der Waals surface area contributed by atoms with E-state index < -0.39 is 35.6 Å². The van der Waals surface area contributed by atoms with Crippen LogP contribution in [0.1, 0.15) is 46.5 Å². The number of amides is 1. The third kappa shape index (κ3) is 8.17. The summed E-state index contributed by atoms with van der Waals surface area (Å²) in [7, 11) is 1.59. The lowest BCUT2D eigenvalue weighted by molar-refractivity contribution is -0.274. The Balaban J connectivity index is 1.91. The number of anilines is 3. The Morgan fingerprint density at radius 2 is 1.75 bits per heavy atom. The number of aromatic nitrogens is 1. The van der Waals surface area contributed by atoms with Gasteiger partial charge in [-0.1, -0.05) is 23.5 Å². The van der Waals surface area contributed by atoms with Crippen molar-refractivity contribution in [2.24, 2.45) is 0 Å². The zero-order valence-electron chi connectivity index (χ0n) is 21.8. The van der Waals surface area contributed by atoms with Crippen molar-refractivity contribution in [3.63, 3.8) is 0 Å². The largest absolute Gasteiger partial charge is 0.573 e. The van der Waals surface area contributed by atoms with Crippen LogP contribution >= 0.6 is 0 Å². The molecule has 1 amide bonds. The number of halogens is 6. The molecule has 0 unspecified atom stereocenters. The minimum atomic E-state index is -4.97. The third-order valence-electron chi connectivity index (χ3n) is 5.31. The van der Waals surface area contributed by atoms with E-state index in [9.17, 15) is 31.1 Å². The molecule has 3 aromatic rings. The van der Waals surface area contributed by atoms with Crippen molar-refractivity contribution in [3.8, 4) is 17.6 Å². The number of nitrogens with zero attached hydrogens (tertiary/aromatic N) is 2. The summed E-state index contributed by atoms with van der Waals surface area (Å²) in [5, 5.41) is 2.49. The summed E-state index contributed by atoms with van der Waals surface area (Å²) in [6.45, 7) is 5.29. The lowest BCUT2D eigenvalue weighted by atomic mass is 10.0. The molecule has 1 aromatic heterocycles. The Hall–Kier alpha value is -4.66. The maximum absolute atomic E-state index is 13.5. The highest BCUT2D eigenvalue weighted by molar-refractivity contribution is 6.04. The maximum atomic E-state index is 13.5. The molecule has 0 aliphatic heterocycles. The number of hydrogen-bond acceptors (Lipinski definition) is 5. The third-order valence-corrected chi connectivity index (χ3v) is 5.31. The van der Waals surface area contributed by atoms with Gasteiger partial charge in [0.25, 0.3) is 5.91 Å². The maximum Gasteiger partial charge on any atom is 0.573 e. The first kappa shape index (κ1) is 29.9. The molecule has 0 aliphatic rings. The zero-order chi connectivity index (χ0) is 29.8. The van der Waals surface area contributed by atoms with E-state index in [-0.39, 0.29) is 22.5 Å². The van der Waals surface area contributed by atoms with Gasteiger partial charge in [-0.3, -0.25) is 4.79 Å². The molecule has 1 heterocycles.